The molecule has 0 saturated heterocycles. The Morgan fingerprint density at radius 1 is 0.159 bits per heavy atom. The van der Waals surface area contributed by atoms with E-state index in [1.54, 1.807) is 315 Å². The molecule has 0 aliphatic heterocycles. The van der Waals surface area contributed by atoms with Gasteiger partial charge in [0.1, 0.15) is 0 Å². The summed E-state index contributed by atoms with van der Waals surface area (Å²) in [5.74, 6) is 40.2. The van der Waals surface area contributed by atoms with Crippen molar-refractivity contribution in [3.8, 4) is 0 Å². The standard InChI is InChI=1S/C12H20.C10H18.4C9H16.6C8H14.CH4/c1-12-6-9-2-3-10(7-12)5-11(4-9)8-12;1-8-7-9-3-2-4-10(8)6-5-9;1-7-6-8-2-4-9(7)5-3-8;2*1-7-4-8-2-3-9(5-7)6-8;1-7-2-3-8-4-5-9(7)6-8;4*1-6-4-7-2-3-8(6)5-7;2*1-6-7-2-3-8(6)5-4-7;/h9-11H,2-8H2,1H3;8-10H,2-7H2,1H3;4*7-9H,2-6H2,1H3;6*6-8H,2-5H2,1H3;1H4. The summed E-state index contributed by atoms with van der Waals surface area (Å²) in [5, 5.41) is 0. The van der Waals surface area contributed by atoms with Crippen molar-refractivity contribution in [3.05, 3.63) is 0 Å². The third-order valence-electron chi connectivity index (χ3n) is 40.3. The monoisotopic (exact) mass is 1480 g/mol. The summed E-state index contributed by atoms with van der Waals surface area (Å²) in [6, 6.07) is 0. The highest BCUT2D eigenvalue weighted by atomic mass is 14.5. The van der Waals surface area contributed by atoms with Gasteiger partial charge in [0, 0.05) is 0 Å². The molecular weight excluding hydrogens is 1290 g/mol. The van der Waals surface area contributed by atoms with Gasteiger partial charge < -0.3 is 0 Å². The van der Waals surface area contributed by atoms with Crippen LogP contribution >= 0.6 is 0 Å². The highest BCUT2D eigenvalue weighted by Gasteiger charge is 2.47. The van der Waals surface area contributed by atoms with Crippen LogP contribution in [0.25, 0.3) is 0 Å². The molecule has 28 aliphatic carbocycles. The van der Waals surface area contributed by atoms with Crippen LogP contribution in [0.5, 0.6) is 0 Å². The van der Waals surface area contributed by atoms with Gasteiger partial charge in [0.25, 0.3) is 0 Å². The van der Waals surface area contributed by atoms with Gasteiger partial charge >= 0.3 is 0 Å². The van der Waals surface area contributed by atoms with Crippen molar-refractivity contribution in [1.82, 2.24) is 0 Å². The fraction of sp³-hybridized carbons (Fsp3) is 1.00. The van der Waals surface area contributed by atoms with E-state index < -0.39 is 0 Å². The Morgan fingerprint density at radius 2 is 0.374 bits per heavy atom. The van der Waals surface area contributed by atoms with Gasteiger partial charge in [0.15, 0.2) is 0 Å². The number of hydrogen-bond acceptors (Lipinski definition) is 0. The first kappa shape index (κ1) is 84.9. The van der Waals surface area contributed by atoms with E-state index in [-0.39, 0.29) is 7.43 Å². The predicted molar refractivity (Wildman–Crippen MR) is 466 cm³/mol. The minimum absolute atomic E-state index is 0. The van der Waals surface area contributed by atoms with Crippen LogP contribution in [0.15, 0.2) is 0 Å². The van der Waals surface area contributed by atoms with Crippen molar-refractivity contribution in [2.75, 3.05) is 0 Å². The van der Waals surface area contributed by atoms with E-state index in [1.807, 2.05) is 0 Å². The first-order valence-corrected chi connectivity index (χ1v) is 51.2. The lowest BCUT2D eigenvalue weighted by Crippen LogP contribution is -2.35. The van der Waals surface area contributed by atoms with Gasteiger partial charge in [-0.1, -0.05) is 213 Å². The van der Waals surface area contributed by atoms with Gasteiger partial charge in [0.2, 0.25) is 0 Å². The van der Waals surface area contributed by atoms with Gasteiger partial charge in [-0.2, -0.15) is 0 Å². The van der Waals surface area contributed by atoms with Crippen LogP contribution in [0.1, 0.15) is 456 Å². The summed E-state index contributed by atoms with van der Waals surface area (Å²) >= 11 is 0. The van der Waals surface area contributed by atoms with E-state index in [9.17, 15) is 0 Å². The van der Waals surface area contributed by atoms with Crippen molar-refractivity contribution in [2.24, 2.45) is 218 Å². The molecule has 0 heterocycles. The number of hydrogen-bond donors (Lipinski definition) is 0. The van der Waals surface area contributed by atoms with Crippen molar-refractivity contribution in [3.63, 3.8) is 0 Å². The second kappa shape index (κ2) is 40.0. The summed E-state index contributed by atoms with van der Waals surface area (Å²) in [7, 11) is 0. The molecule has 0 aromatic heterocycles. The molecule has 0 amide bonds. The van der Waals surface area contributed by atoms with Crippen molar-refractivity contribution >= 4 is 0 Å². The second-order valence-electron chi connectivity index (χ2n) is 48.3. The molecule has 28 saturated carbocycles. The smallest absolute Gasteiger partial charge is 0.0318 e. The SMILES string of the molecule is C.CC12CC3CCC(CC(C3)C1)C2.CC1C2CCC1CC2.CC1C2CCC1CC2.CC1CC2CCC(C1)C2.CC1CC2CCC(C1)C2.CC1CC2CCC1C2.CC1CC2CCC1C2.CC1CC2CCC1C2.CC1CC2CCC1C2.CC1CC2CCC1CC2.CC1CC2CCCC1CC2.CC1CCC2CCC1C2. The van der Waals surface area contributed by atoms with Crippen molar-refractivity contribution in [2.45, 2.75) is 456 Å². The molecule has 0 aromatic rings. The first-order valence-electron chi connectivity index (χ1n) is 51.2. The fourth-order valence-electron chi connectivity index (χ4n) is 34.0. The fourth-order valence-corrected chi connectivity index (χ4v) is 34.0. The average Bonchev–Trinajstić information content (AvgIpc) is 1.76. The Bertz CT molecular complexity index is 2260. The largest absolute Gasteiger partial charge is 0.0776 e. The lowest BCUT2D eigenvalue weighted by molar-refractivity contribution is 0.0509. The quantitative estimate of drug-likeness (QED) is 0.227. The zero-order valence-electron chi connectivity index (χ0n) is 73.6. The molecule has 28 fully saturated rings. The Kier molecular flexibility index (Phi) is 31.7. The Hall–Kier alpha value is 0. The topological polar surface area (TPSA) is 0 Å². The Morgan fingerprint density at radius 3 is 0.645 bits per heavy atom. The van der Waals surface area contributed by atoms with Gasteiger partial charge in [0.05, 0.1) is 0 Å². The van der Waals surface area contributed by atoms with Gasteiger partial charge in [-0.3, -0.25) is 0 Å². The zero-order valence-corrected chi connectivity index (χ0v) is 73.6. The normalized spacial score (nSPS) is 51.3. The molecule has 0 N–H and O–H groups in total. The third-order valence-corrected chi connectivity index (χ3v) is 40.3. The Balaban J connectivity index is 0.000000103. The lowest BCUT2D eigenvalue weighted by atomic mass is 9.59. The molecular formula is C107H190. The first-order chi connectivity index (χ1) is 51.2. The lowest BCUT2D eigenvalue weighted by Gasteiger charge is -2.46. The molecule has 618 valence electrons. The zero-order chi connectivity index (χ0) is 73.6. The molecule has 0 radical (unpaired) electrons. The van der Waals surface area contributed by atoms with Crippen LogP contribution in [-0.4, -0.2) is 0 Å². The van der Waals surface area contributed by atoms with Crippen LogP contribution in [0.4, 0.5) is 0 Å². The van der Waals surface area contributed by atoms with Crippen LogP contribution in [0.2, 0.25) is 0 Å². The molecule has 0 spiro atoms. The molecule has 28 aliphatic rings. The molecule has 28 rings (SSSR count). The average molecular weight is 1480 g/mol. The summed E-state index contributed by atoms with van der Waals surface area (Å²) in [6.45, 7) is 29.3. The maximum Gasteiger partial charge on any atom is -0.0318 e. The summed E-state index contributed by atoms with van der Waals surface area (Å²) in [5.41, 5.74) is 0.785. The van der Waals surface area contributed by atoms with E-state index in [0.29, 0.717) is 0 Å². The van der Waals surface area contributed by atoms with Crippen molar-refractivity contribution in [1.29, 1.82) is 0 Å². The molecule has 25 unspecified atom stereocenters. The Labute approximate surface area is 670 Å². The van der Waals surface area contributed by atoms with E-state index in [0.717, 1.165) is 218 Å². The van der Waals surface area contributed by atoms with Crippen LogP contribution in [0.3, 0.4) is 0 Å². The minimum Gasteiger partial charge on any atom is -0.0776 e. The highest BCUT2D eigenvalue weighted by molar-refractivity contribution is 4.98. The molecule has 107 heavy (non-hydrogen) atoms. The van der Waals surface area contributed by atoms with Crippen LogP contribution < -0.4 is 0 Å². The van der Waals surface area contributed by atoms with Gasteiger partial charge in [-0.05, 0) is 462 Å². The summed E-state index contributed by atoms with van der Waals surface area (Å²) in [6.07, 6.45) is 88.5. The van der Waals surface area contributed by atoms with E-state index in [2.05, 4.69) is 83.1 Å². The summed E-state index contributed by atoms with van der Waals surface area (Å²) in [4.78, 5) is 0. The van der Waals surface area contributed by atoms with Crippen LogP contribution in [-0.2, 0) is 0 Å². The van der Waals surface area contributed by atoms with Crippen molar-refractivity contribution < 1.29 is 0 Å². The molecule has 26 bridgehead atoms. The minimum atomic E-state index is 0. The molecule has 0 heteroatoms. The number of fused-ring (bicyclic) bond motifs is 26. The maximum atomic E-state index is 2.56. The van der Waals surface area contributed by atoms with Gasteiger partial charge in [-0.25, -0.2) is 0 Å². The number of rotatable bonds is 0. The summed E-state index contributed by atoms with van der Waals surface area (Å²) < 4.78 is 0. The van der Waals surface area contributed by atoms with Gasteiger partial charge in [-0.15, -0.1) is 0 Å². The third kappa shape index (κ3) is 23.5. The maximum absolute atomic E-state index is 2.56. The van der Waals surface area contributed by atoms with E-state index >= 15 is 0 Å². The predicted octanol–water partition coefficient (Wildman–Crippen LogP) is 33.5. The van der Waals surface area contributed by atoms with Crippen LogP contribution in [0, 0.1) is 218 Å². The molecule has 25 atom stereocenters. The highest BCUT2D eigenvalue weighted by Crippen LogP contribution is 2.59. The van der Waals surface area contributed by atoms with E-state index in [1.165, 1.54) is 51.4 Å². The molecule has 0 aromatic carbocycles. The second-order valence-corrected chi connectivity index (χ2v) is 48.3. The van der Waals surface area contributed by atoms with E-state index in [4.69, 9.17) is 0 Å². The molecule has 0 nitrogen and oxygen atoms in total.